The maximum atomic E-state index is 12.3. The highest BCUT2D eigenvalue weighted by molar-refractivity contribution is 7.99. The SMILES string of the molecule is CCS(=O)(=O)c1cccc(CC(=O)NC2(C(=O)O)CCSCC2)c1. The molecule has 0 atom stereocenters. The maximum Gasteiger partial charge on any atom is 0.329 e. The van der Waals surface area contributed by atoms with Gasteiger partial charge in [-0.3, -0.25) is 4.79 Å². The van der Waals surface area contributed by atoms with Crippen molar-refractivity contribution in [3.8, 4) is 0 Å². The lowest BCUT2D eigenvalue weighted by molar-refractivity contribution is -0.148. The summed E-state index contributed by atoms with van der Waals surface area (Å²) in [6.07, 6.45) is 0.737. The third kappa shape index (κ3) is 4.30. The molecule has 0 saturated carbocycles. The fraction of sp³-hybridized carbons (Fsp3) is 0.500. The van der Waals surface area contributed by atoms with Crippen molar-refractivity contribution in [2.24, 2.45) is 0 Å². The number of thioether (sulfide) groups is 1. The minimum atomic E-state index is -3.34. The fourth-order valence-electron chi connectivity index (χ4n) is 2.62. The Morgan fingerprint density at radius 2 is 1.96 bits per heavy atom. The van der Waals surface area contributed by atoms with Gasteiger partial charge in [-0.1, -0.05) is 19.1 Å². The van der Waals surface area contributed by atoms with Crippen molar-refractivity contribution in [3.63, 3.8) is 0 Å². The van der Waals surface area contributed by atoms with E-state index in [4.69, 9.17) is 0 Å². The highest BCUT2D eigenvalue weighted by Gasteiger charge is 2.41. The van der Waals surface area contributed by atoms with Crippen LogP contribution in [0.4, 0.5) is 0 Å². The van der Waals surface area contributed by atoms with Crippen LogP contribution in [0.2, 0.25) is 0 Å². The summed E-state index contributed by atoms with van der Waals surface area (Å²) in [5.74, 6) is -0.0513. The van der Waals surface area contributed by atoms with Crippen LogP contribution in [0.5, 0.6) is 0 Å². The second-order valence-corrected chi connectivity index (χ2v) is 9.28. The van der Waals surface area contributed by atoms with Crippen molar-refractivity contribution < 1.29 is 23.1 Å². The average molecular weight is 371 g/mol. The van der Waals surface area contributed by atoms with Gasteiger partial charge in [-0.2, -0.15) is 11.8 Å². The van der Waals surface area contributed by atoms with Gasteiger partial charge >= 0.3 is 5.97 Å². The van der Waals surface area contributed by atoms with E-state index in [0.717, 1.165) is 0 Å². The molecule has 0 unspecified atom stereocenters. The van der Waals surface area contributed by atoms with Crippen LogP contribution in [0.1, 0.15) is 25.3 Å². The zero-order valence-corrected chi connectivity index (χ0v) is 15.1. The Morgan fingerprint density at radius 1 is 1.29 bits per heavy atom. The Morgan fingerprint density at radius 3 is 2.54 bits per heavy atom. The van der Waals surface area contributed by atoms with Crippen LogP contribution in [-0.2, 0) is 25.8 Å². The smallest absolute Gasteiger partial charge is 0.329 e. The molecule has 1 heterocycles. The molecule has 2 N–H and O–H groups in total. The van der Waals surface area contributed by atoms with Crippen LogP contribution in [0.25, 0.3) is 0 Å². The molecular formula is C16H21NO5S2. The predicted octanol–water partition coefficient (Wildman–Crippen LogP) is 1.49. The quantitative estimate of drug-likeness (QED) is 0.786. The Balaban J connectivity index is 2.12. The molecular weight excluding hydrogens is 350 g/mol. The van der Waals surface area contributed by atoms with Crippen LogP contribution < -0.4 is 5.32 Å². The number of carbonyl (C=O) groups excluding carboxylic acids is 1. The number of aliphatic carboxylic acids is 1. The van der Waals surface area contributed by atoms with Crippen LogP contribution >= 0.6 is 11.8 Å². The number of carbonyl (C=O) groups is 2. The summed E-state index contributed by atoms with van der Waals surface area (Å²) in [5, 5.41) is 12.1. The molecule has 6 nitrogen and oxygen atoms in total. The van der Waals surface area contributed by atoms with Crippen molar-refractivity contribution in [1.29, 1.82) is 0 Å². The topological polar surface area (TPSA) is 101 Å². The molecule has 0 bridgehead atoms. The highest BCUT2D eigenvalue weighted by atomic mass is 32.2. The number of hydrogen-bond acceptors (Lipinski definition) is 5. The zero-order chi connectivity index (χ0) is 17.8. The normalized spacial score (nSPS) is 17.2. The lowest BCUT2D eigenvalue weighted by Crippen LogP contribution is -2.56. The molecule has 8 heteroatoms. The molecule has 0 radical (unpaired) electrons. The van der Waals surface area contributed by atoms with E-state index in [1.165, 1.54) is 12.1 Å². The van der Waals surface area contributed by atoms with Gasteiger partial charge in [0, 0.05) is 0 Å². The summed E-state index contributed by atoms with van der Waals surface area (Å²) in [6.45, 7) is 1.56. The lowest BCUT2D eigenvalue weighted by Gasteiger charge is -2.33. The van der Waals surface area contributed by atoms with Gasteiger partial charge in [0.05, 0.1) is 17.1 Å². The minimum Gasteiger partial charge on any atom is -0.480 e. The second-order valence-electron chi connectivity index (χ2n) is 5.78. The standard InChI is InChI=1S/C16H21NO5S2/c1-2-24(21,22)13-5-3-4-12(10-13)11-14(18)17-16(15(19)20)6-8-23-9-7-16/h3-5,10H,2,6-9,11H2,1H3,(H,17,18)(H,19,20). The molecule has 24 heavy (non-hydrogen) atoms. The van der Waals surface area contributed by atoms with E-state index in [1.807, 2.05) is 0 Å². The van der Waals surface area contributed by atoms with Gasteiger partial charge in [-0.05, 0) is 42.0 Å². The Bertz CT molecular complexity index is 724. The molecule has 1 aromatic carbocycles. The number of hydrogen-bond donors (Lipinski definition) is 2. The third-order valence-electron chi connectivity index (χ3n) is 4.14. The average Bonchev–Trinajstić information content (AvgIpc) is 2.55. The molecule has 1 aliphatic heterocycles. The van der Waals surface area contributed by atoms with Crippen LogP contribution in [0.3, 0.4) is 0 Å². The zero-order valence-electron chi connectivity index (χ0n) is 13.4. The number of nitrogens with one attached hydrogen (secondary N) is 1. The number of benzene rings is 1. The lowest BCUT2D eigenvalue weighted by atomic mass is 9.92. The van der Waals surface area contributed by atoms with E-state index < -0.39 is 27.3 Å². The number of rotatable bonds is 6. The number of amides is 1. The van der Waals surface area contributed by atoms with E-state index >= 15 is 0 Å². The Labute approximate surface area is 145 Å². The van der Waals surface area contributed by atoms with Crippen LogP contribution in [0, 0.1) is 0 Å². The Hall–Kier alpha value is -1.54. The molecule has 0 aromatic heterocycles. The van der Waals surface area contributed by atoms with Gasteiger partial charge in [0.25, 0.3) is 0 Å². The van der Waals surface area contributed by atoms with Gasteiger partial charge in [0.2, 0.25) is 5.91 Å². The van der Waals surface area contributed by atoms with Crippen molar-refractivity contribution >= 4 is 33.5 Å². The van der Waals surface area contributed by atoms with E-state index in [0.29, 0.717) is 29.9 Å². The summed E-state index contributed by atoms with van der Waals surface area (Å²) in [6, 6.07) is 6.23. The molecule has 0 aliphatic carbocycles. The molecule has 1 amide bonds. The maximum absolute atomic E-state index is 12.3. The molecule has 132 valence electrons. The monoisotopic (exact) mass is 371 g/mol. The third-order valence-corrected chi connectivity index (χ3v) is 6.85. The first-order chi connectivity index (χ1) is 11.3. The van der Waals surface area contributed by atoms with Crippen LogP contribution in [-0.4, -0.2) is 48.2 Å². The molecule has 1 aromatic rings. The van der Waals surface area contributed by atoms with Gasteiger partial charge in [-0.15, -0.1) is 0 Å². The summed E-state index contributed by atoms with van der Waals surface area (Å²) in [4.78, 5) is 24.1. The van der Waals surface area contributed by atoms with E-state index in [9.17, 15) is 23.1 Å². The second kappa shape index (κ2) is 7.57. The number of carboxylic acid groups (broad SMARTS) is 1. The number of carboxylic acids is 1. The largest absolute Gasteiger partial charge is 0.480 e. The highest BCUT2D eigenvalue weighted by Crippen LogP contribution is 2.27. The van der Waals surface area contributed by atoms with Crippen molar-refractivity contribution in [3.05, 3.63) is 29.8 Å². The summed E-state index contributed by atoms with van der Waals surface area (Å²) < 4.78 is 23.8. The first-order valence-corrected chi connectivity index (χ1v) is 10.5. The fourth-order valence-corrected chi connectivity index (χ4v) is 4.76. The van der Waals surface area contributed by atoms with Crippen LogP contribution in [0.15, 0.2) is 29.2 Å². The summed E-state index contributed by atoms with van der Waals surface area (Å²) in [5.41, 5.74) is -0.664. The Kier molecular flexibility index (Phi) is 5.92. The molecule has 2 rings (SSSR count). The van der Waals surface area contributed by atoms with Crippen molar-refractivity contribution in [2.45, 2.75) is 36.6 Å². The minimum absolute atomic E-state index is 0.0115. The van der Waals surface area contributed by atoms with Crippen molar-refractivity contribution in [1.82, 2.24) is 5.32 Å². The van der Waals surface area contributed by atoms with E-state index in [2.05, 4.69) is 5.32 Å². The van der Waals surface area contributed by atoms with Gasteiger partial charge in [0.1, 0.15) is 5.54 Å². The van der Waals surface area contributed by atoms with E-state index in [-0.39, 0.29) is 17.1 Å². The summed E-state index contributed by atoms with van der Waals surface area (Å²) in [7, 11) is -3.34. The number of sulfone groups is 1. The molecule has 0 spiro atoms. The summed E-state index contributed by atoms with van der Waals surface area (Å²) >= 11 is 1.67. The van der Waals surface area contributed by atoms with E-state index in [1.54, 1.807) is 30.8 Å². The van der Waals surface area contributed by atoms with Crippen molar-refractivity contribution in [2.75, 3.05) is 17.3 Å². The predicted molar refractivity (Wildman–Crippen MR) is 92.9 cm³/mol. The van der Waals surface area contributed by atoms with Gasteiger partial charge < -0.3 is 10.4 Å². The van der Waals surface area contributed by atoms with Gasteiger partial charge in [0.15, 0.2) is 9.84 Å². The molecule has 1 fully saturated rings. The first-order valence-electron chi connectivity index (χ1n) is 7.73. The molecule has 1 aliphatic rings. The van der Waals surface area contributed by atoms with Gasteiger partial charge in [-0.25, -0.2) is 13.2 Å². The first kappa shape index (κ1) is 18.8. The molecule has 1 saturated heterocycles.